The van der Waals surface area contributed by atoms with Crippen molar-refractivity contribution in [2.24, 2.45) is 0 Å². The van der Waals surface area contributed by atoms with Crippen molar-refractivity contribution in [2.45, 2.75) is 228 Å². The first-order valence-corrected chi connectivity index (χ1v) is 53.4. The van der Waals surface area contributed by atoms with E-state index < -0.39 is 36.2 Å². The van der Waals surface area contributed by atoms with Crippen molar-refractivity contribution in [3.63, 3.8) is 0 Å². The monoisotopic (exact) mass is 2040 g/mol. The largest absolute Gasteiger partial charge is 0.497 e. The number of rotatable bonds is 40. The number of aliphatic hydroxyl groups excluding tert-OH is 3. The van der Waals surface area contributed by atoms with E-state index in [2.05, 4.69) is 73.4 Å². The molecule has 0 aliphatic carbocycles. The number of benzene rings is 9. The van der Waals surface area contributed by atoms with Crippen molar-refractivity contribution >= 4 is 88.0 Å². The topological polar surface area (TPSA) is 369 Å². The van der Waals surface area contributed by atoms with Gasteiger partial charge in [0.05, 0.1) is 84.9 Å². The van der Waals surface area contributed by atoms with E-state index in [0.29, 0.717) is 170 Å². The number of urea groups is 3. The summed E-state index contributed by atoms with van der Waals surface area (Å²) in [6.45, 7) is 26.8. The van der Waals surface area contributed by atoms with Gasteiger partial charge in [0.1, 0.15) is 5.75 Å². The zero-order valence-electron chi connectivity index (χ0n) is 88.1. The van der Waals surface area contributed by atoms with Gasteiger partial charge in [-0.1, -0.05) is 195 Å². The molecule has 9 aromatic carbocycles. The highest BCUT2D eigenvalue weighted by Gasteiger charge is 2.38. The Kier molecular flexibility index (Phi) is 40.6. The van der Waals surface area contributed by atoms with Crippen LogP contribution in [0.5, 0.6) is 5.75 Å². The molecule has 0 spiro atoms. The summed E-state index contributed by atoms with van der Waals surface area (Å²) < 4.78 is 10.1. The van der Waals surface area contributed by atoms with Crippen LogP contribution in [-0.2, 0) is 45.4 Å². The number of nitrogens with zero attached hydrogens (tertiary/aromatic N) is 12. The number of methoxy groups -OCH3 is 1. The van der Waals surface area contributed by atoms with Gasteiger partial charge in [-0.2, -0.15) is 15.3 Å². The summed E-state index contributed by atoms with van der Waals surface area (Å²) in [7, 11) is 1.60. The zero-order chi connectivity index (χ0) is 106. The number of unbranched alkanes of at least 4 members (excludes halogenated alkanes) is 6. The van der Waals surface area contributed by atoms with Crippen molar-refractivity contribution in [1.82, 2.24) is 69.4 Å². The highest BCUT2D eigenvalue weighted by Crippen LogP contribution is 2.36. The number of nitrogens with one attached hydrogen (secondary N) is 6. The molecule has 149 heavy (non-hydrogen) atoms. The predicted octanol–water partition coefficient (Wildman–Crippen LogP) is 20.2. The van der Waals surface area contributed by atoms with Gasteiger partial charge < -0.3 is 81.4 Å². The van der Waals surface area contributed by atoms with Gasteiger partial charge in [0.2, 0.25) is 0 Å². The number of carbonyl (C=O) groups excluding carboxylic acids is 9. The van der Waals surface area contributed by atoms with Crippen molar-refractivity contribution in [3.05, 3.63) is 319 Å². The van der Waals surface area contributed by atoms with Crippen molar-refractivity contribution in [3.8, 4) is 22.8 Å². The number of fused-ring (bicyclic) bond motifs is 3. The number of hydrogen-bond donors (Lipinski definition) is 9. The molecule has 32 heteroatoms. The number of ether oxygens (including phenoxy) is 1. The van der Waals surface area contributed by atoms with Crippen molar-refractivity contribution in [1.29, 1.82) is 0 Å². The first-order chi connectivity index (χ1) is 72.1. The third kappa shape index (κ3) is 28.8. The molecule has 3 aromatic heterocycles. The molecule has 0 fully saturated rings. The molecule has 0 saturated carbocycles. The van der Waals surface area contributed by atoms with E-state index in [-0.39, 0.29) is 66.9 Å². The maximum absolute atomic E-state index is 14.6. The van der Waals surface area contributed by atoms with Gasteiger partial charge in [-0.25, -0.2) is 28.4 Å². The summed E-state index contributed by atoms with van der Waals surface area (Å²) in [6, 6.07) is 64.4. The van der Waals surface area contributed by atoms with Crippen LogP contribution in [0.4, 0.5) is 37.1 Å². The quantitative estimate of drug-likeness (QED) is 0.0161. The van der Waals surface area contributed by atoms with Crippen LogP contribution in [0, 0.1) is 27.7 Å². The summed E-state index contributed by atoms with van der Waals surface area (Å²) in [6.07, 6.45) is 14.9. The standard InChI is InChI=1S/C40H50N6O5.C39H48N6O4.C38H46N6O4S/c1-6-8-20-44(21-9-7-2)39(49)36-22-27(3)46(43-36)37-19-16-32(42-40(50)41-28(4)29-14-17-34(51-5)18-15-29)24-35(37)38(48)45-25-31-13-11-10-12-30(31)23-33(45)26-47;1-5-7-18-43(19-8-6-2)38(48)35-21-28(4)45(42-35)36-17-16-32(41-39(49)40-24-29-13-11-12-27(3)20-29)23-34(36)37(47)44-25-31-15-10-9-14-30(31)22-33(44)26-46;1-5-7-19-42(20-8-6-2)37(47)34-21-26(3)44(41-34)35-18-15-30(40-38(48)39-29-13-16-32(49-4)17-14-29)23-33(35)36(46)43-24-28-12-10-9-11-27(28)22-31(43)25-45/h10-19,22,24,28,33,47H,6-9,20-21,23,25-26H2,1-5H3,(H2,41,42,50);9-17,20-21,23,33,46H,5-8,18-19,22,24-26H2,1-4H3,(H2,40,41,49);9-18,21,23,31,45H,5-8,19-20,22,24-25H2,1-4H3,(H2,39,40,48)/t28-,33-;33-;31-/m000/s1. The van der Waals surface area contributed by atoms with Gasteiger partial charge in [-0.3, -0.25) is 28.8 Å². The summed E-state index contributed by atoms with van der Waals surface area (Å²) >= 11 is 1.62. The Hall–Kier alpha value is -14.7. The third-order valence-corrected chi connectivity index (χ3v) is 28.1. The second kappa shape index (κ2) is 54.3. The van der Waals surface area contributed by atoms with Gasteiger partial charge in [0.15, 0.2) is 17.1 Å². The molecular weight excluding hydrogens is 1900 g/mol. The highest BCUT2D eigenvalue weighted by atomic mass is 32.2. The summed E-state index contributed by atoms with van der Waals surface area (Å²) in [5.74, 6) is -0.607. The third-order valence-electron chi connectivity index (χ3n) is 27.3. The van der Waals surface area contributed by atoms with E-state index in [4.69, 9.17) is 20.0 Å². The van der Waals surface area contributed by atoms with Gasteiger partial charge >= 0.3 is 18.1 Å². The maximum Gasteiger partial charge on any atom is 0.323 e. The lowest BCUT2D eigenvalue weighted by atomic mass is 9.93. The van der Waals surface area contributed by atoms with Crippen LogP contribution in [0.1, 0.15) is 261 Å². The molecule has 12 aromatic rings. The summed E-state index contributed by atoms with van der Waals surface area (Å²) in [5, 5.41) is 62.7. The number of aromatic nitrogens is 6. The van der Waals surface area contributed by atoms with E-state index in [1.165, 1.54) is 0 Å². The lowest BCUT2D eigenvalue weighted by Gasteiger charge is -2.36. The molecular formula is C117H144N18O13S. The Morgan fingerprint density at radius 1 is 0.389 bits per heavy atom. The maximum atomic E-state index is 14.6. The van der Waals surface area contributed by atoms with E-state index >= 15 is 0 Å². The average molecular weight is 2040 g/mol. The smallest absolute Gasteiger partial charge is 0.323 e. The van der Waals surface area contributed by atoms with Crippen LogP contribution in [0.15, 0.2) is 223 Å². The fourth-order valence-corrected chi connectivity index (χ4v) is 19.2. The Morgan fingerprint density at radius 3 is 1.05 bits per heavy atom. The number of aryl methyl sites for hydroxylation is 4. The lowest BCUT2D eigenvalue weighted by Crippen LogP contribution is -2.46. The molecule has 3 aliphatic heterocycles. The summed E-state index contributed by atoms with van der Waals surface area (Å²) in [5.41, 5.74) is 16.6. The van der Waals surface area contributed by atoms with Crippen LogP contribution >= 0.6 is 11.8 Å². The number of hydrogen-bond acceptors (Lipinski definition) is 17. The fraction of sp³-hybridized carbons (Fsp3) is 0.385. The van der Waals surface area contributed by atoms with E-state index in [1.807, 2.05) is 201 Å². The molecule has 0 bridgehead atoms. The second-order valence-corrected chi connectivity index (χ2v) is 39.2. The molecule has 786 valence electrons. The molecule has 15 rings (SSSR count). The molecule has 0 saturated heterocycles. The fourth-order valence-electron chi connectivity index (χ4n) is 18.8. The van der Waals surface area contributed by atoms with Gasteiger partial charge in [-0.05, 0) is 252 Å². The van der Waals surface area contributed by atoms with Crippen LogP contribution < -0.4 is 36.6 Å². The van der Waals surface area contributed by atoms with Gasteiger partial charge in [-0.15, -0.1) is 11.8 Å². The lowest BCUT2D eigenvalue weighted by molar-refractivity contribution is 0.0539. The molecule has 0 unspecified atom stereocenters. The molecule has 4 atom stereocenters. The van der Waals surface area contributed by atoms with Gasteiger partial charge in [0, 0.05) is 110 Å². The van der Waals surface area contributed by atoms with E-state index in [0.717, 1.165) is 138 Å². The molecule has 31 nitrogen and oxygen atoms in total. The van der Waals surface area contributed by atoms with Crippen molar-refractivity contribution in [2.75, 3.05) is 93.7 Å². The van der Waals surface area contributed by atoms with Crippen LogP contribution in [0.3, 0.4) is 0 Å². The predicted molar refractivity (Wildman–Crippen MR) is 586 cm³/mol. The zero-order valence-corrected chi connectivity index (χ0v) is 88.9. The van der Waals surface area contributed by atoms with Crippen LogP contribution in [-0.4, -0.2) is 218 Å². The SMILES string of the molecule is CCCCN(CCCC)C(=O)c1cc(C)n(-c2ccc(NC(=O)NCc3cccc(C)c3)cc2C(=O)N2Cc3ccccc3C[C@H]2CO)n1.CCCCN(CCCC)C(=O)c1cc(C)n(-c2ccc(NC(=O)N[C@@H](C)c3ccc(OC)cc3)cc2C(=O)N2Cc3ccccc3C[C@H]2CO)n1.CCCCN(CCCC)C(=O)c1cc(C)n(-c2ccc(NC(=O)Nc3ccc(SC)cc3)cc2C(=O)N2Cc3ccccc3C[C@H]2CO)n1. The Bertz CT molecular complexity index is 6590. The Balaban J connectivity index is 0.000000186. The van der Waals surface area contributed by atoms with E-state index in [1.54, 1.807) is 120 Å². The molecule has 9 N–H and O–H groups in total. The molecule has 0 radical (unpaired) electrons. The van der Waals surface area contributed by atoms with Gasteiger partial charge in [0.25, 0.3) is 35.4 Å². The minimum atomic E-state index is -0.453. The average Bonchev–Trinajstić information content (AvgIpc) is 1.77. The molecule has 12 amide bonds. The number of aliphatic hydroxyl groups is 3. The minimum absolute atomic E-state index is 0.131. The molecule has 3 aliphatic rings. The van der Waals surface area contributed by atoms with Crippen molar-refractivity contribution < 1.29 is 63.2 Å². The first kappa shape index (κ1) is 111. The number of carbonyl (C=O) groups is 9. The highest BCUT2D eigenvalue weighted by molar-refractivity contribution is 7.98. The number of anilines is 4. The van der Waals surface area contributed by atoms with Crippen LogP contribution in [0.2, 0.25) is 0 Å². The van der Waals surface area contributed by atoms with Crippen LogP contribution in [0.25, 0.3) is 17.1 Å². The molecule has 6 heterocycles. The summed E-state index contributed by atoms with van der Waals surface area (Å²) in [4.78, 5) is 136. The number of thioether (sulfide) groups is 1. The Labute approximate surface area is 879 Å². The first-order valence-electron chi connectivity index (χ1n) is 52.2. The Morgan fingerprint density at radius 2 is 0.718 bits per heavy atom. The minimum Gasteiger partial charge on any atom is -0.497 e. The number of amides is 12. The normalized spacial score (nSPS) is 14.1. The second-order valence-electron chi connectivity index (χ2n) is 38.4. The van der Waals surface area contributed by atoms with E-state index in [9.17, 15) is 58.5 Å².